The van der Waals surface area contributed by atoms with Crippen molar-refractivity contribution in [2.45, 2.75) is 38.3 Å². The minimum absolute atomic E-state index is 0. The second-order valence-electron chi connectivity index (χ2n) is 4.18. The zero-order valence-electron chi connectivity index (χ0n) is 11.7. The quantitative estimate of drug-likeness (QED) is 0.308. The molecular formula is C11H18N2O9. The van der Waals surface area contributed by atoms with Gasteiger partial charge in [-0.15, -0.1) is 0 Å². The zero-order chi connectivity index (χ0) is 16.6. The van der Waals surface area contributed by atoms with Crippen LogP contribution in [0.5, 0.6) is 0 Å². The molecule has 0 heterocycles. The van der Waals surface area contributed by atoms with E-state index in [-0.39, 0.29) is 11.9 Å². The summed E-state index contributed by atoms with van der Waals surface area (Å²) in [6.45, 7) is 1.07. The molecule has 0 radical (unpaired) electrons. The van der Waals surface area contributed by atoms with Crippen molar-refractivity contribution in [2.24, 2.45) is 0 Å². The largest absolute Gasteiger partial charge is 0.481 e. The summed E-state index contributed by atoms with van der Waals surface area (Å²) < 4.78 is 0. The van der Waals surface area contributed by atoms with E-state index in [9.17, 15) is 24.0 Å². The number of carboxylic acids is 3. The first-order valence-electron chi connectivity index (χ1n) is 5.87. The van der Waals surface area contributed by atoms with Gasteiger partial charge in [0, 0.05) is 13.3 Å². The van der Waals surface area contributed by atoms with Crippen molar-refractivity contribution in [3.63, 3.8) is 0 Å². The Kier molecular flexibility index (Phi) is 9.92. The minimum Gasteiger partial charge on any atom is -0.481 e. The molecule has 0 saturated heterocycles. The molecule has 0 rings (SSSR count). The summed E-state index contributed by atoms with van der Waals surface area (Å²) in [6, 6.07) is -2.93. The number of amides is 2. The van der Waals surface area contributed by atoms with Crippen molar-refractivity contribution in [2.75, 3.05) is 0 Å². The molecule has 0 aromatic carbocycles. The van der Waals surface area contributed by atoms with Gasteiger partial charge in [-0.1, -0.05) is 0 Å². The maximum atomic E-state index is 11.8. The van der Waals surface area contributed by atoms with E-state index in [1.54, 1.807) is 0 Å². The van der Waals surface area contributed by atoms with Gasteiger partial charge < -0.3 is 31.4 Å². The standard InChI is InChI=1S/C11H16N2O8.H2O/c1-5(14)12-7(4-9(17)18)10(19)13-6(11(20)21)2-3-8(15)16;/h6-7H,2-4H2,1H3,(H,12,14)(H,13,19)(H,15,16)(H,17,18)(H,20,21);1H2/t6-,7-;/m0./s1. The van der Waals surface area contributed by atoms with Gasteiger partial charge in [-0.2, -0.15) is 0 Å². The lowest BCUT2D eigenvalue weighted by Crippen LogP contribution is -2.52. The first kappa shape index (κ1) is 21.6. The highest BCUT2D eigenvalue weighted by Crippen LogP contribution is 2.01. The number of nitrogens with one attached hydrogen (secondary N) is 2. The summed E-state index contributed by atoms with van der Waals surface area (Å²) in [5, 5.41) is 30.1. The van der Waals surface area contributed by atoms with Crippen LogP contribution in [0.4, 0.5) is 0 Å². The van der Waals surface area contributed by atoms with Crippen molar-refractivity contribution in [3.8, 4) is 0 Å². The highest BCUT2D eigenvalue weighted by atomic mass is 16.4. The van der Waals surface area contributed by atoms with Crippen molar-refractivity contribution < 1.29 is 44.8 Å². The van der Waals surface area contributed by atoms with Crippen LogP contribution in [0, 0.1) is 0 Å². The van der Waals surface area contributed by atoms with Gasteiger partial charge in [-0.3, -0.25) is 19.2 Å². The molecule has 0 aliphatic heterocycles. The van der Waals surface area contributed by atoms with Gasteiger partial charge >= 0.3 is 17.9 Å². The number of carbonyl (C=O) groups excluding carboxylic acids is 2. The Labute approximate surface area is 124 Å². The topological polar surface area (TPSA) is 202 Å². The summed E-state index contributed by atoms with van der Waals surface area (Å²) in [6.07, 6.45) is -1.58. The second kappa shape index (κ2) is 10.1. The Hall–Kier alpha value is -2.69. The van der Waals surface area contributed by atoms with Gasteiger partial charge in [-0.05, 0) is 6.42 Å². The summed E-state index contributed by atoms with van der Waals surface area (Å²) in [4.78, 5) is 54.6. The summed E-state index contributed by atoms with van der Waals surface area (Å²) in [5.41, 5.74) is 0. The molecule has 2 atom stereocenters. The molecule has 22 heavy (non-hydrogen) atoms. The van der Waals surface area contributed by atoms with Crippen LogP contribution in [0.2, 0.25) is 0 Å². The van der Waals surface area contributed by atoms with Crippen LogP contribution in [0.3, 0.4) is 0 Å². The average molecular weight is 322 g/mol. The Morgan fingerprint density at radius 2 is 1.45 bits per heavy atom. The molecule has 0 fully saturated rings. The van der Waals surface area contributed by atoms with Crippen LogP contribution in [-0.2, 0) is 24.0 Å². The molecule has 0 aromatic heterocycles. The minimum atomic E-state index is -1.49. The SMILES string of the molecule is CC(=O)N[C@@H](CC(=O)O)C(=O)N[C@@H](CCC(=O)O)C(=O)O.O. The van der Waals surface area contributed by atoms with Crippen molar-refractivity contribution in [1.82, 2.24) is 10.6 Å². The van der Waals surface area contributed by atoms with E-state index < -0.39 is 54.6 Å². The Bertz CT molecular complexity index is 433. The van der Waals surface area contributed by atoms with Gasteiger partial charge in [0.15, 0.2) is 0 Å². The van der Waals surface area contributed by atoms with Gasteiger partial charge in [0.25, 0.3) is 0 Å². The fraction of sp³-hybridized carbons (Fsp3) is 0.545. The first-order valence-corrected chi connectivity index (χ1v) is 5.87. The normalized spacial score (nSPS) is 12.2. The van der Waals surface area contributed by atoms with Gasteiger partial charge in [0.05, 0.1) is 6.42 Å². The van der Waals surface area contributed by atoms with Gasteiger partial charge in [0.1, 0.15) is 12.1 Å². The van der Waals surface area contributed by atoms with Crippen molar-refractivity contribution in [1.29, 1.82) is 0 Å². The molecule has 126 valence electrons. The van der Waals surface area contributed by atoms with E-state index in [1.165, 1.54) is 0 Å². The van der Waals surface area contributed by atoms with Crippen molar-refractivity contribution >= 4 is 29.7 Å². The molecule has 7 N–H and O–H groups in total. The van der Waals surface area contributed by atoms with Gasteiger partial charge in [-0.25, -0.2) is 4.79 Å². The maximum Gasteiger partial charge on any atom is 0.326 e. The Morgan fingerprint density at radius 3 is 1.82 bits per heavy atom. The molecular weight excluding hydrogens is 304 g/mol. The zero-order valence-corrected chi connectivity index (χ0v) is 11.7. The fourth-order valence-electron chi connectivity index (χ4n) is 1.43. The van der Waals surface area contributed by atoms with Gasteiger partial charge in [0.2, 0.25) is 11.8 Å². The van der Waals surface area contributed by atoms with Crippen molar-refractivity contribution in [3.05, 3.63) is 0 Å². The highest BCUT2D eigenvalue weighted by Gasteiger charge is 2.27. The molecule has 11 heteroatoms. The monoisotopic (exact) mass is 322 g/mol. The lowest BCUT2D eigenvalue weighted by Gasteiger charge is -2.19. The number of carboxylic acid groups (broad SMARTS) is 3. The van der Waals surface area contributed by atoms with Crippen LogP contribution < -0.4 is 10.6 Å². The predicted molar refractivity (Wildman–Crippen MR) is 69.9 cm³/mol. The van der Waals surface area contributed by atoms with Crippen LogP contribution in [0.25, 0.3) is 0 Å². The molecule has 11 nitrogen and oxygen atoms in total. The van der Waals surface area contributed by atoms with E-state index in [1.807, 2.05) is 5.32 Å². The predicted octanol–water partition coefficient (Wildman–Crippen LogP) is -2.42. The van der Waals surface area contributed by atoms with E-state index in [2.05, 4.69) is 5.32 Å². The van der Waals surface area contributed by atoms with E-state index in [0.717, 1.165) is 6.92 Å². The molecule has 0 spiro atoms. The third-order valence-electron chi connectivity index (χ3n) is 2.33. The third-order valence-corrected chi connectivity index (χ3v) is 2.33. The number of carbonyl (C=O) groups is 5. The summed E-state index contributed by atoms with van der Waals surface area (Å²) >= 11 is 0. The fourth-order valence-corrected chi connectivity index (χ4v) is 1.43. The molecule has 0 aromatic rings. The van der Waals surface area contributed by atoms with Crippen LogP contribution in [0.15, 0.2) is 0 Å². The highest BCUT2D eigenvalue weighted by molar-refractivity contribution is 5.92. The number of hydrogen-bond donors (Lipinski definition) is 5. The molecule has 0 unspecified atom stereocenters. The Morgan fingerprint density at radius 1 is 0.909 bits per heavy atom. The molecule has 0 bridgehead atoms. The van der Waals surface area contributed by atoms with Crippen LogP contribution >= 0.6 is 0 Å². The Balaban J connectivity index is 0. The van der Waals surface area contributed by atoms with Crippen LogP contribution in [-0.4, -0.2) is 62.6 Å². The lowest BCUT2D eigenvalue weighted by atomic mass is 10.1. The molecule has 0 aliphatic rings. The lowest BCUT2D eigenvalue weighted by molar-refractivity contribution is -0.144. The second-order valence-corrected chi connectivity index (χ2v) is 4.18. The first-order chi connectivity index (χ1) is 9.63. The molecule has 2 amide bonds. The number of rotatable bonds is 9. The average Bonchev–Trinajstić information content (AvgIpc) is 2.31. The summed E-state index contributed by atoms with van der Waals surface area (Å²) in [5.74, 6) is -5.72. The molecule has 0 saturated carbocycles. The third kappa shape index (κ3) is 9.25. The maximum absolute atomic E-state index is 11.8. The van der Waals surface area contributed by atoms with E-state index in [0.29, 0.717) is 0 Å². The van der Waals surface area contributed by atoms with E-state index in [4.69, 9.17) is 15.3 Å². The smallest absolute Gasteiger partial charge is 0.326 e. The van der Waals surface area contributed by atoms with E-state index >= 15 is 0 Å². The molecule has 0 aliphatic carbocycles. The number of hydrogen-bond acceptors (Lipinski definition) is 5. The van der Waals surface area contributed by atoms with Crippen LogP contribution in [0.1, 0.15) is 26.2 Å². The summed E-state index contributed by atoms with van der Waals surface area (Å²) in [7, 11) is 0. The number of aliphatic carboxylic acids is 3.